The lowest BCUT2D eigenvalue weighted by atomic mass is 10.2. The maximum atomic E-state index is 11.9. The summed E-state index contributed by atoms with van der Waals surface area (Å²) in [7, 11) is 0. The molecule has 3 aromatic rings. The molecule has 2 aromatic carbocycles. The number of piperazine rings is 1. The van der Waals surface area contributed by atoms with Crippen LogP contribution in [0.2, 0.25) is 0 Å². The summed E-state index contributed by atoms with van der Waals surface area (Å²) in [6.45, 7) is 4.29. The second-order valence-corrected chi connectivity index (χ2v) is 8.30. The highest BCUT2D eigenvalue weighted by atomic mass is 79.9. The highest BCUT2D eigenvalue weighted by Gasteiger charge is 2.29. The van der Waals surface area contributed by atoms with Gasteiger partial charge in [-0.25, -0.2) is 9.97 Å². The zero-order chi connectivity index (χ0) is 21.6. The normalized spacial score (nSPS) is 14.4. The van der Waals surface area contributed by atoms with E-state index in [0.717, 1.165) is 29.7 Å². The number of benzene rings is 2. The molecule has 1 fully saturated rings. The van der Waals surface area contributed by atoms with Gasteiger partial charge in [0.15, 0.2) is 0 Å². The molecule has 1 saturated heterocycles. The molecule has 0 amide bonds. The van der Waals surface area contributed by atoms with Crippen LogP contribution in [-0.2, 0) is 13.1 Å². The van der Waals surface area contributed by atoms with Gasteiger partial charge in [-0.1, -0.05) is 58.4 Å². The van der Waals surface area contributed by atoms with E-state index in [1.165, 1.54) is 11.9 Å². The molecule has 1 aliphatic rings. The molecule has 0 unspecified atom stereocenters. The monoisotopic (exact) mass is 482 g/mol. The average molecular weight is 483 g/mol. The molecule has 0 radical (unpaired) electrons. The molecule has 8 nitrogen and oxygen atoms in total. The Balaban J connectivity index is 1.46. The molecule has 0 atom stereocenters. The number of rotatable bonds is 7. The highest BCUT2D eigenvalue weighted by molar-refractivity contribution is 9.10. The standard InChI is InChI=1S/C22H23BrN6O2/c23-19-8-4-7-18(13-19)14-24-21-20(29(30)31)22(26-16-25-21)28-11-9-27(10-12-28)15-17-5-2-1-3-6-17/h1-8,13,16H,9-12,14-15H2,(H,24,25,26). The minimum absolute atomic E-state index is 0.0750. The Morgan fingerprint density at radius 1 is 1.00 bits per heavy atom. The molecule has 0 bridgehead atoms. The zero-order valence-electron chi connectivity index (χ0n) is 16.9. The van der Waals surface area contributed by atoms with Gasteiger partial charge < -0.3 is 10.2 Å². The van der Waals surface area contributed by atoms with Crippen LogP contribution in [0.5, 0.6) is 0 Å². The van der Waals surface area contributed by atoms with Crippen molar-refractivity contribution in [1.82, 2.24) is 14.9 Å². The molecular weight excluding hydrogens is 460 g/mol. The summed E-state index contributed by atoms with van der Waals surface area (Å²) in [5, 5.41) is 15.0. The van der Waals surface area contributed by atoms with E-state index >= 15 is 0 Å². The van der Waals surface area contributed by atoms with Crippen molar-refractivity contribution in [3.8, 4) is 0 Å². The first kappa shape index (κ1) is 21.2. The Kier molecular flexibility index (Phi) is 6.73. The zero-order valence-corrected chi connectivity index (χ0v) is 18.5. The van der Waals surface area contributed by atoms with Gasteiger partial charge in [-0.3, -0.25) is 15.0 Å². The first-order valence-electron chi connectivity index (χ1n) is 10.1. The smallest absolute Gasteiger partial charge is 0.353 e. The van der Waals surface area contributed by atoms with Gasteiger partial charge in [0.1, 0.15) is 6.33 Å². The summed E-state index contributed by atoms with van der Waals surface area (Å²) in [5.74, 6) is 0.609. The van der Waals surface area contributed by atoms with Gasteiger partial charge in [-0.2, -0.15) is 0 Å². The first-order valence-corrected chi connectivity index (χ1v) is 10.9. The van der Waals surface area contributed by atoms with E-state index in [0.29, 0.717) is 25.5 Å². The van der Waals surface area contributed by atoms with Crippen LogP contribution in [0.15, 0.2) is 65.4 Å². The van der Waals surface area contributed by atoms with Crippen molar-refractivity contribution < 1.29 is 4.92 Å². The Morgan fingerprint density at radius 2 is 1.74 bits per heavy atom. The third-order valence-corrected chi connectivity index (χ3v) is 5.75. The van der Waals surface area contributed by atoms with Crippen LogP contribution >= 0.6 is 15.9 Å². The predicted octanol–water partition coefficient (Wildman–Crippen LogP) is 4.08. The van der Waals surface area contributed by atoms with Gasteiger partial charge in [0, 0.05) is 43.7 Å². The van der Waals surface area contributed by atoms with Crippen LogP contribution in [0.3, 0.4) is 0 Å². The summed E-state index contributed by atoms with van der Waals surface area (Å²) in [6.07, 6.45) is 1.39. The van der Waals surface area contributed by atoms with Crippen molar-refractivity contribution in [2.45, 2.75) is 13.1 Å². The van der Waals surface area contributed by atoms with Crippen molar-refractivity contribution in [3.63, 3.8) is 0 Å². The molecule has 1 N–H and O–H groups in total. The van der Waals surface area contributed by atoms with Crippen LogP contribution in [0.1, 0.15) is 11.1 Å². The molecule has 0 spiro atoms. The molecule has 160 valence electrons. The van der Waals surface area contributed by atoms with Crippen LogP contribution in [0.4, 0.5) is 17.3 Å². The van der Waals surface area contributed by atoms with Crippen LogP contribution in [-0.4, -0.2) is 46.0 Å². The average Bonchev–Trinajstić information content (AvgIpc) is 2.78. The third-order valence-electron chi connectivity index (χ3n) is 5.26. The van der Waals surface area contributed by atoms with Gasteiger partial charge >= 0.3 is 5.69 Å². The summed E-state index contributed by atoms with van der Waals surface area (Å²) in [5.41, 5.74) is 2.19. The predicted molar refractivity (Wildman–Crippen MR) is 124 cm³/mol. The van der Waals surface area contributed by atoms with Crippen LogP contribution in [0, 0.1) is 10.1 Å². The van der Waals surface area contributed by atoms with E-state index in [1.54, 1.807) is 0 Å². The van der Waals surface area contributed by atoms with Crippen molar-refractivity contribution in [1.29, 1.82) is 0 Å². The number of anilines is 2. The van der Waals surface area contributed by atoms with Gasteiger partial charge in [0.2, 0.25) is 11.6 Å². The maximum Gasteiger partial charge on any atom is 0.353 e. The quantitative estimate of drug-likeness (QED) is 0.400. The molecule has 1 aliphatic heterocycles. The molecule has 31 heavy (non-hydrogen) atoms. The van der Waals surface area contributed by atoms with Crippen LogP contribution in [0.25, 0.3) is 0 Å². The molecule has 0 saturated carbocycles. The van der Waals surface area contributed by atoms with E-state index in [2.05, 4.69) is 48.2 Å². The van der Waals surface area contributed by atoms with Gasteiger partial charge in [0.25, 0.3) is 0 Å². The van der Waals surface area contributed by atoms with Crippen molar-refractivity contribution in [3.05, 3.63) is 86.6 Å². The largest absolute Gasteiger partial charge is 0.360 e. The van der Waals surface area contributed by atoms with E-state index in [-0.39, 0.29) is 11.5 Å². The summed E-state index contributed by atoms with van der Waals surface area (Å²) in [4.78, 5) is 24.3. The first-order chi connectivity index (χ1) is 15.1. The number of nitrogens with one attached hydrogen (secondary N) is 1. The lowest BCUT2D eigenvalue weighted by Crippen LogP contribution is -2.46. The minimum atomic E-state index is -0.394. The van der Waals surface area contributed by atoms with Gasteiger partial charge in [-0.15, -0.1) is 0 Å². The molecule has 9 heteroatoms. The second kappa shape index (κ2) is 9.84. The fraction of sp³-hybridized carbons (Fsp3) is 0.273. The van der Waals surface area contributed by atoms with Gasteiger partial charge in [0.05, 0.1) is 4.92 Å². The lowest BCUT2D eigenvalue weighted by molar-refractivity contribution is -0.383. The maximum absolute atomic E-state index is 11.9. The van der Waals surface area contributed by atoms with E-state index < -0.39 is 4.92 Å². The number of nitro groups is 1. The fourth-order valence-corrected chi connectivity index (χ4v) is 4.14. The van der Waals surface area contributed by atoms with Crippen molar-refractivity contribution in [2.75, 3.05) is 36.4 Å². The number of hydrogen-bond donors (Lipinski definition) is 1. The SMILES string of the molecule is O=[N+]([O-])c1c(NCc2cccc(Br)c2)ncnc1N1CCN(Cc2ccccc2)CC1. The number of nitrogens with zero attached hydrogens (tertiary/aromatic N) is 5. The minimum Gasteiger partial charge on any atom is -0.360 e. The summed E-state index contributed by atoms with van der Waals surface area (Å²) >= 11 is 3.44. The lowest BCUT2D eigenvalue weighted by Gasteiger charge is -2.35. The van der Waals surface area contributed by atoms with Crippen LogP contribution < -0.4 is 10.2 Å². The molecular formula is C22H23BrN6O2. The second-order valence-electron chi connectivity index (χ2n) is 7.38. The Labute approximate surface area is 189 Å². The van der Waals surface area contributed by atoms with E-state index in [1.807, 2.05) is 47.4 Å². The summed E-state index contributed by atoms with van der Waals surface area (Å²) < 4.78 is 0.957. The number of halogens is 1. The topological polar surface area (TPSA) is 87.4 Å². The van der Waals surface area contributed by atoms with Gasteiger partial charge in [-0.05, 0) is 23.3 Å². The number of hydrogen-bond acceptors (Lipinski definition) is 7. The molecule has 1 aromatic heterocycles. The highest BCUT2D eigenvalue weighted by Crippen LogP contribution is 2.32. The molecule has 2 heterocycles. The van der Waals surface area contributed by atoms with E-state index in [4.69, 9.17) is 0 Å². The Hall–Kier alpha value is -3.04. The van der Waals surface area contributed by atoms with E-state index in [9.17, 15) is 10.1 Å². The molecule has 0 aliphatic carbocycles. The summed E-state index contributed by atoms with van der Waals surface area (Å²) in [6, 6.07) is 18.1. The Bertz CT molecular complexity index is 1040. The third kappa shape index (κ3) is 5.36. The number of aromatic nitrogens is 2. The fourth-order valence-electron chi connectivity index (χ4n) is 3.69. The van der Waals surface area contributed by atoms with Crippen molar-refractivity contribution >= 4 is 33.3 Å². The Morgan fingerprint density at radius 3 is 2.45 bits per heavy atom. The molecule has 4 rings (SSSR count). The van der Waals surface area contributed by atoms with Crippen molar-refractivity contribution in [2.24, 2.45) is 0 Å².